The Morgan fingerprint density at radius 3 is 2.60 bits per heavy atom. The summed E-state index contributed by atoms with van der Waals surface area (Å²) in [6.07, 6.45) is 0. The quantitative estimate of drug-likeness (QED) is 0.599. The Hall–Kier alpha value is -1.66. The molecule has 2 aromatic rings. The van der Waals surface area contributed by atoms with E-state index in [1.54, 1.807) is 11.0 Å². The van der Waals surface area contributed by atoms with E-state index in [4.69, 9.17) is 16.6 Å². The first-order valence-corrected chi connectivity index (χ1v) is 7.41. The third kappa shape index (κ3) is 2.05. The summed E-state index contributed by atoms with van der Waals surface area (Å²) in [6.45, 7) is 3.72. The zero-order chi connectivity index (χ0) is 14.4. The number of hydrogen-bond donors (Lipinski definition) is 0. The summed E-state index contributed by atoms with van der Waals surface area (Å²) in [5.74, 6) is 0.358. The van der Waals surface area contributed by atoms with Gasteiger partial charge in [-0.3, -0.25) is 9.69 Å². The second kappa shape index (κ2) is 4.71. The van der Waals surface area contributed by atoms with Gasteiger partial charge in [-0.05, 0) is 37.1 Å². The van der Waals surface area contributed by atoms with E-state index in [2.05, 4.69) is 0 Å². The molecule has 0 atom stereocenters. The second-order valence-corrected chi connectivity index (χ2v) is 6.28. The summed E-state index contributed by atoms with van der Waals surface area (Å²) < 4.78 is 5.76. The highest BCUT2D eigenvalue weighted by Gasteiger charge is 2.29. The molecule has 0 unspecified atom stereocenters. The van der Waals surface area contributed by atoms with Crippen LogP contribution in [0.3, 0.4) is 0 Å². The minimum absolute atomic E-state index is 0.0162. The normalized spacial score (nSPS) is 15.4. The third-order valence-corrected chi connectivity index (χ3v) is 4.62. The highest BCUT2D eigenvalue weighted by Crippen LogP contribution is 2.33. The molecule has 0 N–H and O–H groups in total. The number of amides is 1. The molecule has 1 aliphatic rings. The van der Waals surface area contributed by atoms with E-state index in [9.17, 15) is 9.59 Å². The number of anilines is 1. The van der Waals surface area contributed by atoms with Crippen LogP contribution in [0.1, 0.15) is 11.1 Å². The highest BCUT2D eigenvalue weighted by molar-refractivity contribution is 8.24. The Morgan fingerprint density at radius 2 is 1.95 bits per heavy atom. The van der Waals surface area contributed by atoms with Gasteiger partial charge in [0.15, 0.2) is 0 Å². The largest absolute Gasteiger partial charge is 0.423 e. The minimum Gasteiger partial charge on any atom is -0.423 e. The molecule has 6 heteroatoms. The molecule has 1 aromatic carbocycles. The van der Waals surface area contributed by atoms with Crippen LogP contribution in [-0.4, -0.2) is 16.0 Å². The topological polar surface area (TPSA) is 50.5 Å². The van der Waals surface area contributed by atoms with Crippen LogP contribution < -0.4 is 10.5 Å². The number of carbonyl (C=O) groups excluding carboxylic acids is 1. The molecule has 1 aromatic heterocycles. The first-order chi connectivity index (χ1) is 9.47. The van der Waals surface area contributed by atoms with E-state index in [1.165, 1.54) is 17.8 Å². The maximum Gasteiger partial charge on any atom is 0.336 e. The van der Waals surface area contributed by atoms with Crippen molar-refractivity contribution < 1.29 is 9.21 Å². The molecule has 3 rings (SSSR count). The summed E-state index contributed by atoms with van der Waals surface area (Å²) >= 11 is 6.59. The van der Waals surface area contributed by atoms with Gasteiger partial charge in [-0.2, -0.15) is 0 Å². The summed E-state index contributed by atoms with van der Waals surface area (Å²) in [5, 5.41) is 0.817. The van der Waals surface area contributed by atoms with Crippen LogP contribution in [0.5, 0.6) is 0 Å². The molecule has 1 fully saturated rings. The lowest BCUT2D eigenvalue weighted by Crippen LogP contribution is -2.28. The van der Waals surface area contributed by atoms with Gasteiger partial charge in [0.1, 0.15) is 9.90 Å². The van der Waals surface area contributed by atoms with Crippen molar-refractivity contribution in [1.29, 1.82) is 0 Å². The smallest absolute Gasteiger partial charge is 0.336 e. The lowest BCUT2D eigenvalue weighted by Gasteiger charge is -2.18. The van der Waals surface area contributed by atoms with Crippen LogP contribution in [0, 0.1) is 13.8 Å². The molecule has 4 nitrogen and oxygen atoms in total. The van der Waals surface area contributed by atoms with Gasteiger partial charge >= 0.3 is 5.63 Å². The molecular formula is C14H11NO3S2. The number of thioether (sulfide) groups is 1. The predicted octanol–water partition coefficient (Wildman–Crippen LogP) is 2.77. The summed E-state index contributed by atoms with van der Waals surface area (Å²) in [5.41, 5.74) is 2.59. The van der Waals surface area contributed by atoms with Crippen LogP contribution >= 0.6 is 24.0 Å². The number of carbonyl (C=O) groups is 1. The van der Waals surface area contributed by atoms with Crippen molar-refractivity contribution in [3.05, 3.63) is 39.7 Å². The van der Waals surface area contributed by atoms with E-state index in [0.717, 1.165) is 22.2 Å². The summed E-state index contributed by atoms with van der Waals surface area (Å²) in [6, 6.07) is 5.08. The number of hydrogen-bond acceptors (Lipinski definition) is 5. The molecule has 102 valence electrons. The van der Waals surface area contributed by atoms with Gasteiger partial charge in [0, 0.05) is 11.5 Å². The van der Waals surface area contributed by atoms with Crippen molar-refractivity contribution in [3.8, 4) is 0 Å². The van der Waals surface area contributed by atoms with Gasteiger partial charge < -0.3 is 4.42 Å². The van der Waals surface area contributed by atoms with Gasteiger partial charge in [-0.1, -0.05) is 24.0 Å². The van der Waals surface area contributed by atoms with Crippen molar-refractivity contribution in [2.24, 2.45) is 0 Å². The van der Waals surface area contributed by atoms with Crippen molar-refractivity contribution in [2.45, 2.75) is 13.8 Å². The number of benzene rings is 1. The van der Waals surface area contributed by atoms with Crippen molar-refractivity contribution in [2.75, 3.05) is 10.7 Å². The van der Waals surface area contributed by atoms with Gasteiger partial charge in [0.05, 0.1) is 11.4 Å². The van der Waals surface area contributed by atoms with Crippen LogP contribution in [-0.2, 0) is 4.79 Å². The van der Waals surface area contributed by atoms with E-state index >= 15 is 0 Å². The minimum atomic E-state index is -0.370. The van der Waals surface area contributed by atoms with Crippen LogP contribution in [0.4, 0.5) is 5.69 Å². The SMILES string of the molecule is Cc1cc2oc(=O)cc(C)c2cc1N1C(=O)CSC1=S. The molecule has 1 amide bonds. The number of nitrogens with zero attached hydrogens (tertiary/aromatic N) is 1. The predicted molar refractivity (Wildman–Crippen MR) is 84.5 cm³/mol. The van der Waals surface area contributed by atoms with Gasteiger partial charge in [-0.15, -0.1) is 0 Å². The maximum atomic E-state index is 12.0. The molecule has 1 aliphatic heterocycles. The molecule has 20 heavy (non-hydrogen) atoms. The van der Waals surface area contributed by atoms with Gasteiger partial charge in [0.2, 0.25) is 5.91 Å². The van der Waals surface area contributed by atoms with Crippen LogP contribution in [0.2, 0.25) is 0 Å². The van der Waals surface area contributed by atoms with E-state index < -0.39 is 0 Å². The van der Waals surface area contributed by atoms with E-state index in [1.807, 2.05) is 19.9 Å². The molecule has 1 saturated heterocycles. The standard InChI is InChI=1S/C14H11NO3S2/c1-7-4-13(17)18-11-3-8(2)10(5-9(7)11)15-12(16)6-20-14(15)19/h3-5H,6H2,1-2H3. The van der Waals surface area contributed by atoms with E-state index in [0.29, 0.717) is 15.7 Å². The molecule has 0 bridgehead atoms. The Labute approximate surface area is 124 Å². The fraction of sp³-hybridized carbons (Fsp3) is 0.214. The third-order valence-electron chi connectivity index (χ3n) is 3.26. The maximum absolute atomic E-state index is 12.0. The molecular weight excluding hydrogens is 294 g/mol. The number of rotatable bonds is 1. The zero-order valence-electron chi connectivity index (χ0n) is 10.9. The van der Waals surface area contributed by atoms with Gasteiger partial charge in [0.25, 0.3) is 0 Å². The molecule has 0 aliphatic carbocycles. The number of fused-ring (bicyclic) bond motifs is 1. The lowest BCUT2D eigenvalue weighted by molar-refractivity contribution is -0.115. The second-order valence-electron chi connectivity index (χ2n) is 4.67. The Balaban J connectivity index is 2.27. The molecule has 0 saturated carbocycles. The van der Waals surface area contributed by atoms with E-state index in [-0.39, 0.29) is 11.5 Å². The van der Waals surface area contributed by atoms with Crippen molar-refractivity contribution >= 4 is 50.9 Å². The fourth-order valence-electron chi connectivity index (χ4n) is 2.28. The average Bonchev–Trinajstić information content (AvgIpc) is 2.69. The average molecular weight is 305 g/mol. The van der Waals surface area contributed by atoms with Gasteiger partial charge in [-0.25, -0.2) is 4.79 Å². The Morgan fingerprint density at radius 1 is 1.20 bits per heavy atom. The summed E-state index contributed by atoms with van der Waals surface area (Å²) in [7, 11) is 0. The zero-order valence-corrected chi connectivity index (χ0v) is 12.6. The highest BCUT2D eigenvalue weighted by atomic mass is 32.2. The monoisotopic (exact) mass is 305 g/mol. The molecule has 0 spiro atoms. The lowest BCUT2D eigenvalue weighted by atomic mass is 10.1. The van der Waals surface area contributed by atoms with Crippen molar-refractivity contribution in [3.63, 3.8) is 0 Å². The first-order valence-electron chi connectivity index (χ1n) is 6.02. The van der Waals surface area contributed by atoms with Crippen LogP contribution in [0.15, 0.2) is 27.4 Å². The Bertz CT molecular complexity index is 794. The first kappa shape index (κ1) is 13.3. The molecule has 0 radical (unpaired) electrons. The van der Waals surface area contributed by atoms with Crippen molar-refractivity contribution in [1.82, 2.24) is 0 Å². The number of aryl methyl sites for hydroxylation is 2. The summed E-state index contributed by atoms with van der Waals surface area (Å²) in [4.78, 5) is 24.9. The number of thiocarbonyl (C=S) groups is 1. The Kier molecular flexibility index (Phi) is 3.14. The fourth-order valence-corrected chi connectivity index (χ4v) is 3.37. The molecule has 2 heterocycles. The van der Waals surface area contributed by atoms with Crippen LogP contribution in [0.25, 0.3) is 11.0 Å².